The lowest BCUT2D eigenvalue weighted by atomic mass is 10.1. The van der Waals surface area contributed by atoms with Gasteiger partial charge in [0.15, 0.2) is 0 Å². The number of aryl methyl sites for hydroxylation is 1. The zero-order valence-electron chi connectivity index (χ0n) is 8.43. The van der Waals surface area contributed by atoms with Crippen molar-refractivity contribution in [2.45, 2.75) is 6.92 Å². The highest BCUT2D eigenvalue weighted by Crippen LogP contribution is 2.22. The fourth-order valence-electron chi connectivity index (χ4n) is 1.55. The third kappa shape index (κ3) is 1.48. The molecule has 78 valence electrons. The summed E-state index contributed by atoms with van der Waals surface area (Å²) in [6.07, 6.45) is 1.77. The summed E-state index contributed by atoms with van der Waals surface area (Å²) in [5.74, 6) is -1.23. The van der Waals surface area contributed by atoms with E-state index >= 15 is 0 Å². The van der Waals surface area contributed by atoms with E-state index in [-0.39, 0.29) is 5.56 Å². The minimum Gasteiger partial charge on any atom is -0.465 e. The van der Waals surface area contributed by atoms with Crippen molar-refractivity contribution in [1.29, 1.82) is 0 Å². The van der Waals surface area contributed by atoms with E-state index in [0.717, 1.165) is 10.9 Å². The Labute approximate surface area is 85.9 Å². The summed E-state index contributed by atoms with van der Waals surface area (Å²) in [4.78, 5) is 14.2. The number of esters is 1. The SMILES string of the molecule is COC(=O)c1cc2c(C)c[nH]c2cc1F. The normalized spacial score (nSPS) is 10.6. The van der Waals surface area contributed by atoms with Gasteiger partial charge in [-0.2, -0.15) is 0 Å². The number of ether oxygens (including phenoxy) is 1. The van der Waals surface area contributed by atoms with Gasteiger partial charge in [-0.25, -0.2) is 9.18 Å². The van der Waals surface area contributed by atoms with Gasteiger partial charge in [0.1, 0.15) is 5.82 Å². The highest BCUT2D eigenvalue weighted by atomic mass is 19.1. The van der Waals surface area contributed by atoms with Crippen molar-refractivity contribution in [1.82, 2.24) is 4.98 Å². The molecule has 0 saturated carbocycles. The summed E-state index contributed by atoms with van der Waals surface area (Å²) in [7, 11) is 1.23. The molecule has 3 nitrogen and oxygen atoms in total. The Balaban J connectivity index is 2.70. The molecule has 0 saturated heterocycles. The van der Waals surface area contributed by atoms with E-state index in [4.69, 9.17) is 0 Å². The van der Waals surface area contributed by atoms with Crippen molar-refractivity contribution in [3.8, 4) is 0 Å². The van der Waals surface area contributed by atoms with E-state index in [1.165, 1.54) is 19.2 Å². The molecule has 0 unspecified atom stereocenters. The summed E-state index contributed by atoms with van der Waals surface area (Å²) >= 11 is 0. The number of hydrogen-bond donors (Lipinski definition) is 1. The molecule has 0 spiro atoms. The minimum atomic E-state index is -0.657. The number of aromatic amines is 1. The number of benzene rings is 1. The van der Waals surface area contributed by atoms with Gasteiger partial charge in [0, 0.05) is 17.1 Å². The molecule has 0 aliphatic heterocycles. The molecule has 1 heterocycles. The van der Waals surface area contributed by atoms with E-state index in [1.54, 1.807) is 6.20 Å². The third-order valence-electron chi connectivity index (χ3n) is 2.38. The van der Waals surface area contributed by atoms with Crippen molar-refractivity contribution in [2.75, 3.05) is 7.11 Å². The molecule has 0 aliphatic rings. The Morgan fingerprint density at radius 2 is 2.20 bits per heavy atom. The van der Waals surface area contributed by atoms with Gasteiger partial charge in [-0.1, -0.05) is 0 Å². The highest BCUT2D eigenvalue weighted by Gasteiger charge is 2.14. The molecule has 1 aromatic heterocycles. The van der Waals surface area contributed by atoms with Crippen molar-refractivity contribution in [2.24, 2.45) is 0 Å². The fraction of sp³-hybridized carbons (Fsp3) is 0.182. The Morgan fingerprint density at radius 1 is 1.47 bits per heavy atom. The molecule has 0 fully saturated rings. The molecule has 2 aromatic rings. The molecule has 1 aromatic carbocycles. The van der Waals surface area contributed by atoms with Gasteiger partial charge in [-0.3, -0.25) is 0 Å². The summed E-state index contributed by atoms with van der Waals surface area (Å²) < 4.78 is 17.9. The maximum Gasteiger partial charge on any atom is 0.340 e. The van der Waals surface area contributed by atoms with E-state index in [0.29, 0.717) is 5.52 Å². The second kappa shape index (κ2) is 3.38. The summed E-state index contributed by atoms with van der Waals surface area (Å²) in [6.45, 7) is 1.89. The average Bonchev–Trinajstić information content (AvgIpc) is 2.58. The first kappa shape index (κ1) is 9.71. The zero-order chi connectivity index (χ0) is 11.0. The van der Waals surface area contributed by atoms with Crippen LogP contribution in [0.3, 0.4) is 0 Å². The maximum atomic E-state index is 13.4. The first-order valence-electron chi connectivity index (χ1n) is 4.49. The van der Waals surface area contributed by atoms with Crippen LogP contribution < -0.4 is 0 Å². The van der Waals surface area contributed by atoms with Gasteiger partial charge < -0.3 is 9.72 Å². The van der Waals surface area contributed by atoms with Crippen LogP contribution >= 0.6 is 0 Å². The van der Waals surface area contributed by atoms with Crippen LogP contribution in [0.15, 0.2) is 18.3 Å². The molecular formula is C11H10FNO2. The molecule has 0 amide bonds. The Hall–Kier alpha value is -1.84. The number of H-pyrrole nitrogens is 1. The first-order chi connectivity index (χ1) is 7.13. The van der Waals surface area contributed by atoms with Gasteiger partial charge >= 0.3 is 5.97 Å². The maximum absolute atomic E-state index is 13.4. The predicted octanol–water partition coefficient (Wildman–Crippen LogP) is 2.40. The Bertz CT molecular complexity index is 531. The van der Waals surface area contributed by atoms with Gasteiger partial charge in [0.25, 0.3) is 0 Å². The Kier molecular flexibility index (Phi) is 2.19. The zero-order valence-corrected chi connectivity index (χ0v) is 8.43. The number of hydrogen-bond acceptors (Lipinski definition) is 2. The molecule has 0 radical (unpaired) electrons. The third-order valence-corrected chi connectivity index (χ3v) is 2.38. The molecule has 2 rings (SSSR count). The molecule has 1 N–H and O–H groups in total. The Morgan fingerprint density at radius 3 is 2.87 bits per heavy atom. The van der Waals surface area contributed by atoms with Crippen LogP contribution in [0.5, 0.6) is 0 Å². The summed E-state index contributed by atoms with van der Waals surface area (Å²) in [5, 5.41) is 0.830. The van der Waals surface area contributed by atoms with E-state index in [1.807, 2.05) is 6.92 Å². The van der Waals surface area contributed by atoms with Crippen molar-refractivity contribution >= 4 is 16.9 Å². The van der Waals surface area contributed by atoms with E-state index in [2.05, 4.69) is 9.72 Å². The topological polar surface area (TPSA) is 42.1 Å². The van der Waals surface area contributed by atoms with Crippen LogP contribution in [0.25, 0.3) is 10.9 Å². The van der Waals surface area contributed by atoms with E-state index < -0.39 is 11.8 Å². The van der Waals surface area contributed by atoms with Gasteiger partial charge in [0.05, 0.1) is 12.7 Å². The van der Waals surface area contributed by atoms with Crippen molar-refractivity contribution in [3.05, 3.63) is 35.3 Å². The second-order valence-corrected chi connectivity index (χ2v) is 3.34. The highest BCUT2D eigenvalue weighted by molar-refractivity contribution is 5.95. The minimum absolute atomic E-state index is 0.0345. The molecular weight excluding hydrogens is 197 g/mol. The molecule has 4 heteroatoms. The molecule has 0 atom stereocenters. The van der Waals surface area contributed by atoms with Crippen molar-refractivity contribution < 1.29 is 13.9 Å². The molecule has 0 aliphatic carbocycles. The second-order valence-electron chi connectivity index (χ2n) is 3.34. The monoisotopic (exact) mass is 207 g/mol. The number of fused-ring (bicyclic) bond motifs is 1. The number of aromatic nitrogens is 1. The lowest BCUT2D eigenvalue weighted by Crippen LogP contribution is -2.04. The molecule has 15 heavy (non-hydrogen) atoms. The van der Waals surface area contributed by atoms with E-state index in [9.17, 15) is 9.18 Å². The summed E-state index contributed by atoms with van der Waals surface area (Å²) in [6, 6.07) is 2.80. The standard InChI is InChI=1S/C11H10FNO2/c1-6-5-13-10-4-9(12)8(3-7(6)10)11(14)15-2/h3-5,13H,1-2H3. The van der Waals surface area contributed by atoms with Crippen LogP contribution in [0.4, 0.5) is 4.39 Å². The van der Waals surface area contributed by atoms with Crippen LogP contribution in [-0.4, -0.2) is 18.1 Å². The lowest BCUT2D eigenvalue weighted by Gasteiger charge is -2.01. The van der Waals surface area contributed by atoms with Gasteiger partial charge in [-0.05, 0) is 24.6 Å². The average molecular weight is 207 g/mol. The number of nitrogens with one attached hydrogen (secondary N) is 1. The van der Waals surface area contributed by atoms with Gasteiger partial charge in [0.2, 0.25) is 0 Å². The summed E-state index contributed by atoms with van der Waals surface area (Å²) in [5.41, 5.74) is 1.61. The number of halogens is 1. The lowest BCUT2D eigenvalue weighted by molar-refractivity contribution is 0.0596. The quantitative estimate of drug-likeness (QED) is 0.729. The van der Waals surface area contributed by atoms with Crippen LogP contribution in [-0.2, 0) is 4.74 Å². The van der Waals surface area contributed by atoms with Crippen LogP contribution in [0.1, 0.15) is 15.9 Å². The molecule has 0 bridgehead atoms. The number of carbonyl (C=O) groups excluding carboxylic acids is 1. The van der Waals surface area contributed by atoms with Gasteiger partial charge in [-0.15, -0.1) is 0 Å². The smallest absolute Gasteiger partial charge is 0.340 e. The fourth-order valence-corrected chi connectivity index (χ4v) is 1.55. The largest absolute Gasteiger partial charge is 0.465 e. The predicted molar refractivity (Wildman–Crippen MR) is 54.3 cm³/mol. The van der Waals surface area contributed by atoms with Crippen LogP contribution in [0, 0.1) is 12.7 Å². The van der Waals surface area contributed by atoms with Crippen molar-refractivity contribution in [3.63, 3.8) is 0 Å². The number of carbonyl (C=O) groups is 1. The number of rotatable bonds is 1. The van der Waals surface area contributed by atoms with Crippen LogP contribution in [0.2, 0.25) is 0 Å². The number of methoxy groups -OCH3 is 1. The first-order valence-corrected chi connectivity index (χ1v) is 4.49.